The highest BCUT2D eigenvalue weighted by Gasteiger charge is 2.10. The zero-order chi connectivity index (χ0) is 9.42. The quantitative estimate of drug-likeness (QED) is 0.587. The Morgan fingerprint density at radius 2 is 2.15 bits per heavy atom. The van der Waals surface area contributed by atoms with Crippen LogP contribution in [0.15, 0.2) is 10.1 Å². The molecule has 2 heterocycles. The molecule has 0 radical (unpaired) electrons. The van der Waals surface area contributed by atoms with Crippen molar-refractivity contribution in [1.29, 1.82) is 0 Å². The molecule has 0 spiro atoms. The number of H-pyrrole nitrogens is 1. The van der Waals surface area contributed by atoms with Gasteiger partial charge in [-0.3, -0.25) is 0 Å². The van der Waals surface area contributed by atoms with E-state index in [2.05, 4.69) is 21.3 Å². The molecule has 5 heteroatoms. The van der Waals surface area contributed by atoms with Crippen molar-refractivity contribution in [3.05, 3.63) is 15.8 Å². The molecule has 4 nitrogen and oxygen atoms in total. The smallest absolute Gasteiger partial charge is 0.124 e. The number of hydrogen-bond donors (Lipinski definition) is 4. The molecule has 0 fully saturated rings. The predicted octanol–water partition coefficient (Wildman–Crippen LogP) is 1.20. The molecule has 13 heavy (non-hydrogen) atoms. The van der Waals surface area contributed by atoms with E-state index in [0.717, 1.165) is 11.4 Å². The standard InChI is InChI=1S/C8H11IN4/c1-4-9-3-7(12-4)6-2-5(10)8(11)13-6/h2-3,12-13H,10-11H2,1H3. The number of nitrogens with one attached hydrogen (secondary N) is 2. The Morgan fingerprint density at radius 1 is 1.38 bits per heavy atom. The van der Waals surface area contributed by atoms with Gasteiger partial charge in [-0.1, -0.05) is 20.7 Å². The fourth-order valence-electron chi connectivity index (χ4n) is 1.13. The first kappa shape index (κ1) is 8.61. The third-order valence-electron chi connectivity index (χ3n) is 1.80. The molecule has 0 unspecified atom stereocenters. The first-order chi connectivity index (χ1) is 6.16. The van der Waals surface area contributed by atoms with Crippen LogP contribution in [-0.4, -0.2) is 8.62 Å². The van der Waals surface area contributed by atoms with Gasteiger partial charge in [0.2, 0.25) is 0 Å². The van der Waals surface area contributed by atoms with Crippen LogP contribution in [0.4, 0.5) is 11.5 Å². The van der Waals surface area contributed by atoms with Gasteiger partial charge in [-0.05, 0) is 17.1 Å². The van der Waals surface area contributed by atoms with Crippen molar-refractivity contribution < 1.29 is 0 Å². The van der Waals surface area contributed by atoms with Crippen molar-refractivity contribution in [2.75, 3.05) is 11.5 Å². The minimum Gasteiger partial charge on any atom is -0.396 e. The average Bonchev–Trinajstić information content (AvgIpc) is 2.61. The molecule has 70 valence electrons. The second-order valence-corrected chi connectivity index (χ2v) is 5.71. The third-order valence-corrected chi connectivity index (χ3v) is 3.94. The highest BCUT2D eigenvalue weighted by molar-refractivity contribution is 14.2. The third kappa shape index (κ3) is 1.55. The molecule has 0 amide bonds. The largest absolute Gasteiger partial charge is 0.396 e. The summed E-state index contributed by atoms with van der Waals surface area (Å²) in [6.45, 7) is 2.10. The molecular weight excluding hydrogens is 279 g/mol. The van der Waals surface area contributed by atoms with Gasteiger partial charge in [-0.2, -0.15) is 0 Å². The predicted molar refractivity (Wildman–Crippen MR) is 65.4 cm³/mol. The zero-order valence-electron chi connectivity index (χ0n) is 7.19. The summed E-state index contributed by atoms with van der Waals surface area (Å²) in [5.41, 5.74) is 13.9. The van der Waals surface area contributed by atoms with E-state index in [1.54, 1.807) is 0 Å². The van der Waals surface area contributed by atoms with E-state index < -0.39 is 0 Å². The molecular formula is C8H11IN4. The normalized spacial score (nSPS) is 15.8. The molecule has 1 aromatic heterocycles. The molecule has 2 rings (SSSR count). The van der Waals surface area contributed by atoms with Crippen LogP contribution < -0.4 is 16.8 Å². The first-order valence-corrected chi connectivity index (χ1v) is 6.17. The van der Waals surface area contributed by atoms with E-state index in [0.29, 0.717) is 11.5 Å². The number of anilines is 2. The second-order valence-electron chi connectivity index (χ2n) is 2.84. The lowest BCUT2D eigenvalue weighted by atomic mass is 10.3. The highest BCUT2D eigenvalue weighted by Crippen LogP contribution is 2.25. The monoisotopic (exact) mass is 290 g/mol. The van der Waals surface area contributed by atoms with Gasteiger partial charge in [0.05, 0.1) is 17.1 Å². The molecule has 0 saturated carbocycles. The molecule has 0 saturated heterocycles. The SMILES string of the molecule is CC1=IC=C(c2cc(N)c(N)[nH]2)N1. The summed E-state index contributed by atoms with van der Waals surface area (Å²) < 4.78 is 3.57. The maximum atomic E-state index is 5.63. The topological polar surface area (TPSA) is 79.9 Å². The number of hydrogen-bond acceptors (Lipinski definition) is 3. The van der Waals surface area contributed by atoms with E-state index >= 15 is 0 Å². The number of halogens is 1. The van der Waals surface area contributed by atoms with Crippen LogP contribution in [0.25, 0.3) is 5.70 Å². The fourth-order valence-corrected chi connectivity index (χ4v) is 2.85. The van der Waals surface area contributed by atoms with Crippen LogP contribution in [0.2, 0.25) is 0 Å². The van der Waals surface area contributed by atoms with Crippen LogP contribution in [0.3, 0.4) is 0 Å². The van der Waals surface area contributed by atoms with E-state index in [4.69, 9.17) is 11.5 Å². The molecule has 0 atom stereocenters. The van der Waals surface area contributed by atoms with Crippen LogP contribution in [-0.2, 0) is 0 Å². The number of aromatic amines is 1. The summed E-state index contributed by atoms with van der Waals surface area (Å²) in [5.74, 6) is 0.542. The van der Waals surface area contributed by atoms with E-state index in [-0.39, 0.29) is 20.7 Å². The van der Waals surface area contributed by atoms with Gasteiger partial charge in [0, 0.05) is 3.63 Å². The van der Waals surface area contributed by atoms with Gasteiger partial charge >= 0.3 is 0 Å². The number of nitrogens with two attached hydrogens (primary N) is 2. The van der Waals surface area contributed by atoms with Gasteiger partial charge in [-0.15, -0.1) is 0 Å². The summed E-state index contributed by atoms with van der Waals surface area (Å²) in [4.78, 5) is 3.03. The van der Waals surface area contributed by atoms with Gasteiger partial charge in [0.15, 0.2) is 0 Å². The van der Waals surface area contributed by atoms with Gasteiger partial charge < -0.3 is 21.8 Å². The van der Waals surface area contributed by atoms with E-state index in [1.165, 1.54) is 3.63 Å². The van der Waals surface area contributed by atoms with Crippen molar-refractivity contribution in [2.45, 2.75) is 6.92 Å². The summed E-state index contributed by atoms with van der Waals surface area (Å²) in [5, 5.41) is 3.29. The second kappa shape index (κ2) is 3.06. The van der Waals surface area contributed by atoms with Crippen molar-refractivity contribution in [1.82, 2.24) is 10.3 Å². The Hall–Kier alpha value is -0.980. The lowest BCUT2D eigenvalue weighted by Gasteiger charge is -2.01. The molecule has 1 aliphatic heterocycles. The number of aromatic nitrogens is 1. The molecule has 0 bridgehead atoms. The molecule has 1 aliphatic rings. The van der Waals surface area contributed by atoms with Crippen molar-refractivity contribution in [2.24, 2.45) is 0 Å². The summed E-state index contributed by atoms with van der Waals surface area (Å²) in [6.07, 6.45) is 0. The van der Waals surface area contributed by atoms with Gasteiger partial charge in [0.25, 0.3) is 0 Å². The van der Waals surface area contributed by atoms with Crippen molar-refractivity contribution in [3.63, 3.8) is 0 Å². The van der Waals surface area contributed by atoms with Gasteiger partial charge in [0.1, 0.15) is 5.82 Å². The van der Waals surface area contributed by atoms with Gasteiger partial charge in [-0.25, -0.2) is 0 Å². The molecule has 0 aliphatic carbocycles. The minimum atomic E-state index is 0.0547. The number of rotatable bonds is 1. The summed E-state index contributed by atoms with van der Waals surface area (Å²) in [6, 6.07) is 1.86. The van der Waals surface area contributed by atoms with Crippen LogP contribution >= 0.6 is 20.7 Å². The Bertz CT molecular complexity index is 383. The lowest BCUT2D eigenvalue weighted by molar-refractivity contribution is 1.25. The molecule has 0 aromatic carbocycles. The van der Waals surface area contributed by atoms with Crippen LogP contribution in [0, 0.1) is 0 Å². The lowest BCUT2D eigenvalue weighted by Crippen LogP contribution is -2.13. The maximum Gasteiger partial charge on any atom is 0.124 e. The average molecular weight is 290 g/mol. The number of nitrogen functional groups attached to an aromatic ring is 2. The van der Waals surface area contributed by atoms with E-state index in [1.807, 2.05) is 6.07 Å². The summed E-state index contributed by atoms with van der Waals surface area (Å²) in [7, 11) is 0. The Morgan fingerprint density at radius 3 is 2.62 bits per heavy atom. The van der Waals surface area contributed by atoms with Crippen molar-refractivity contribution >= 4 is 41.6 Å². The Balaban J connectivity index is 2.29. The molecule has 1 aromatic rings. The molecule has 6 N–H and O–H groups in total. The van der Waals surface area contributed by atoms with Crippen LogP contribution in [0.5, 0.6) is 0 Å². The fraction of sp³-hybridized carbons (Fsp3) is 0.125. The maximum absolute atomic E-state index is 5.63. The van der Waals surface area contributed by atoms with Crippen LogP contribution in [0.1, 0.15) is 12.6 Å². The van der Waals surface area contributed by atoms with Crippen molar-refractivity contribution in [3.8, 4) is 0 Å². The summed E-state index contributed by atoms with van der Waals surface area (Å²) >= 11 is 0.0547. The highest BCUT2D eigenvalue weighted by atomic mass is 127. The Kier molecular flexibility index (Phi) is 2.03. The first-order valence-electron chi connectivity index (χ1n) is 3.85. The van der Waals surface area contributed by atoms with E-state index in [9.17, 15) is 0 Å². The Labute approximate surface area is 86.1 Å². The zero-order valence-corrected chi connectivity index (χ0v) is 9.34. The minimum absolute atomic E-state index is 0.0547.